The zero-order valence-corrected chi connectivity index (χ0v) is 13.5. The van der Waals surface area contributed by atoms with Crippen LogP contribution >= 0.6 is 0 Å². The first kappa shape index (κ1) is 17.2. The lowest BCUT2D eigenvalue weighted by Gasteiger charge is -2.06. The molecule has 0 aliphatic heterocycles. The number of hydrogen-bond acceptors (Lipinski definition) is 4. The molecule has 0 aliphatic rings. The second kappa shape index (κ2) is 7.92. The Balaban J connectivity index is 2.07. The van der Waals surface area contributed by atoms with Gasteiger partial charge in [-0.1, -0.05) is 6.92 Å². The Labute approximate surface area is 140 Å². The largest absolute Gasteiger partial charge is 0.508 e. The predicted octanol–water partition coefficient (Wildman–Crippen LogP) is 2.89. The third-order valence-corrected chi connectivity index (χ3v) is 3.30. The minimum atomic E-state index is -0.339. The maximum absolute atomic E-state index is 12.1. The lowest BCUT2D eigenvalue weighted by Crippen LogP contribution is -2.20. The first-order valence-electron chi connectivity index (χ1n) is 7.53. The average Bonchev–Trinajstić information content (AvgIpc) is 2.57. The number of rotatable bonds is 5. The fraction of sp³-hybridized carbons (Fsp3) is 0.167. The van der Waals surface area contributed by atoms with E-state index in [0.717, 1.165) is 5.56 Å². The lowest BCUT2D eigenvalue weighted by atomic mass is 10.1. The van der Waals surface area contributed by atoms with Gasteiger partial charge in [-0.25, -0.2) is 5.43 Å². The van der Waals surface area contributed by atoms with Gasteiger partial charge in [0.25, 0.3) is 5.91 Å². The summed E-state index contributed by atoms with van der Waals surface area (Å²) in [5, 5.41) is 16.1. The first-order valence-corrected chi connectivity index (χ1v) is 7.53. The van der Waals surface area contributed by atoms with Crippen molar-refractivity contribution in [3.8, 4) is 5.75 Å². The predicted molar refractivity (Wildman–Crippen MR) is 93.1 cm³/mol. The molecule has 0 aromatic heterocycles. The molecule has 0 aliphatic carbocycles. The van der Waals surface area contributed by atoms with Crippen LogP contribution in [0.3, 0.4) is 0 Å². The summed E-state index contributed by atoms with van der Waals surface area (Å²) >= 11 is 0. The topological polar surface area (TPSA) is 90.8 Å². The molecule has 0 heterocycles. The van der Waals surface area contributed by atoms with Gasteiger partial charge in [-0.3, -0.25) is 9.59 Å². The molecule has 0 saturated heterocycles. The molecule has 124 valence electrons. The fourth-order valence-corrected chi connectivity index (χ4v) is 2.09. The van der Waals surface area contributed by atoms with Crippen LogP contribution in [0.5, 0.6) is 5.75 Å². The van der Waals surface area contributed by atoms with Gasteiger partial charge in [-0.15, -0.1) is 0 Å². The van der Waals surface area contributed by atoms with Gasteiger partial charge in [0.1, 0.15) is 5.75 Å². The van der Waals surface area contributed by atoms with Crippen molar-refractivity contribution in [2.75, 3.05) is 5.32 Å². The minimum absolute atomic E-state index is 0.168. The van der Waals surface area contributed by atoms with Crippen LogP contribution in [0.25, 0.3) is 0 Å². The molecule has 2 aromatic carbocycles. The number of hydrazone groups is 1. The van der Waals surface area contributed by atoms with Crippen molar-refractivity contribution in [3.05, 3.63) is 59.7 Å². The SMILES string of the molecule is CC/C(=N/NC(=O)c1ccc(NC(C)=O)cc1)c1ccc(O)cc1. The summed E-state index contributed by atoms with van der Waals surface area (Å²) in [5.41, 5.74) is 5.12. The maximum atomic E-state index is 12.1. The van der Waals surface area contributed by atoms with Gasteiger partial charge in [0.15, 0.2) is 0 Å². The van der Waals surface area contributed by atoms with E-state index in [1.807, 2.05) is 6.92 Å². The highest BCUT2D eigenvalue weighted by atomic mass is 16.3. The van der Waals surface area contributed by atoms with Crippen molar-refractivity contribution in [3.63, 3.8) is 0 Å². The third-order valence-electron chi connectivity index (χ3n) is 3.30. The van der Waals surface area contributed by atoms with Crippen LogP contribution in [0.15, 0.2) is 53.6 Å². The summed E-state index contributed by atoms with van der Waals surface area (Å²) in [4.78, 5) is 23.1. The summed E-state index contributed by atoms with van der Waals surface area (Å²) in [6.45, 7) is 3.35. The van der Waals surface area contributed by atoms with Crippen molar-refractivity contribution < 1.29 is 14.7 Å². The van der Waals surface area contributed by atoms with Gasteiger partial charge >= 0.3 is 0 Å². The number of nitrogens with zero attached hydrogens (tertiary/aromatic N) is 1. The van der Waals surface area contributed by atoms with Gasteiger partial charge in [-0.05, 0) is 60.5 Å². The molecule has 0 fully saturated rings. The molecule has 0 atom stereocenters. The summed E-state index contributed by atoms with van der Waals surface area (Å²) in [7, 11) is 0. The first-order chi connectivity index (χ1) is 11.5. The van der Waals surface area contributed by atoms with Crippen LogP contribution < -0.4 is 10.7 Å². The molecule has 6 heteroatoms. The van der Waals surface area contributed by atoms with Crippen LogP contribution in [0.2, 0.25) is 0 Å². The molecule has 3 N–H and O–H groups in total. The number of aromatic hydroxyl groups is 1. The number of anilines is 1. The molecule has 0 radical (unpaired) electrons. The molecule has 2 amide bonds. The number of phenols is 1. The maximum Gasteiger partial charge on any atom is 0.271 e. The van der Waals surface area contributed by atoms with Crippen LogP contribution in [0.1, 0.15) is 36.2 Å². The number of hydrogen-bond donors (Lipinski definition) is 3. The fourth-order valence-electron chi connectivity index (χ4n) is 2.09. The highest BCUT2D eigenvalue weighted by Crippen LogP contribution is 2.12. The Hall–Kier alpha value is -3.15. The number of amides is 2. The number of carbonyl (C=O) groups is 2. The Morgan fingerprint density at radius 1 is 1.00 bits per heavy atom. The van der Waals surface area contributed by atoms with Crippen LogP contribution in [-0.4, -0.2) is 22.6 Å². The molecule has 0 unspecified atom stereocenters. The van der Waals surface area contributed by atoms with Crippen molar-refractivity contribution >= 4 is 23.2 Å². The van der Waals surface area contributed by atoms with E-state index >= 15 is 0 Å². The second-order valence-electron chi connectivity index (χ2n) is 5.16. The summed E-state index contributed by atoms with van der Waals surface area (Å²) in [6.07, 6.45) is 0.631. The van der Waals surface area contributed by atoms with Gasteiger partial charge in [-0.2, -0.15) is 5.10 Å². The van der Waals surface area contributed by atoms with E-state index in [4.69, 9.17) is 0 Å². The smallest absolute Gasteiger partial charge is 0.271 e. The minimum Gasteiger partial charge on any atom is -0.508 e. The number of carbonyl (C=O) groups excluding carboxylic acids is 2. The van der Waals surface area contributed by atoms with E-state index in [1.54, 1.807) is 48.5 Å². The second-order valence-corrected chi connectivity index (χ2v) is 5.16. The standard InChI is InChI=1S/C18H19N3O3/c1-3-17(13-6-10-16(23)11-7-13)20-21-18(24)14-4-8-15(9-5-14)19-12(2)22/h4-11,23H,3H2,1-2H3,(H,19,22)(H,21,24)/b20-17-. The Kier molecular flexibility index (Phi) is 5.68. The summed E-state index contributed by atoms with van der Waals surface area (Å²) in [5.74, 6) is -0.329. The molecule has 24 heavy (non-hydrogen) atoms. The van der Waals surface area contributed by atoms with Gasteiger partial charge in [0.05, 0.1) is 5.71 Å². The van der Waals surface area contributed by atoms with Crippen molar-refractivity contribution in [1.82, 2.24) is 5.43 Å². The third kappa shape index (κ3) is 4.67. The van der Waals surface area contributed by atoms with Crippen molar-refractivity contribution in [1.29, 1.82) is 0 Å². The molecular formula is C18H19N3O3. The van der Waals surface area contributed by atoms with E-state index in [0.29, 0.717) is 23.4 Å². The van der Waals surface area contributed by atoms with E-state index in [1.165, 1.54) is 6.92 Å². The lowest BCUT2D eigenvalue weighted by molar-refractivity contribution is -0.114. The molecule has 6 nitrogen and oxygen atoms in total. The zero-order chi connectivity index (χ0) is 17.5. The Bertz CT molecular complexity index is 750. The molecule has 2 aromatic rings. The monoisotopic (exact) mass is 325 g/mol. The molecular weight excluding hydrogens is 306 g/mol. The van der Waals surface area contributed by atoms with Gasteiger partial charge in [0.2, 0.25) is 5.91 Å². The number of nitrogens with one attached hydrogen (secondary N) is 2. The average molecular weight is 325 g/mol. The zero-order valence-electron chi connectivity index (χ0n) is 13.5. The van der Waals surface area contributed by atoms with Crippen molar-refractivity contribution in [2.45, 2.75) is 20.3 Å². The van der Waals surface area contributed by atoms with Gasteiger partial charge in [0, 0.05) is 18.2 Å². The van der Waals surface area contributed by atoms with Gasteiger partial charge < -0.3 is 10.4 Å². The normalized spacial score (nSPS) is 11.0. The number of benzene rings is 2. The van der Waals surface area contributed by atoms with E-state index in [2.05, 4.69) is 15.8 Å². The molecule has 0 spiro atoms. The van der Waals surface area contributed by atoms with Crippen LogP contribution in [0, 0.1) is 0 Å². The van der Waals surface area contributed by atoms with Crippen molar-refractivity contribution in [2.24, 2.45) is 5.10 Å². The summed E-state index contributed by atoms with van der Waals surface area (Å²) in [6, 6.07) is 13.2. The molecule has 0 bridgehead atoms. The Morgan fingerprint density at radius 2 is 1.58 bits per heavy atom. The quantitative estimate of drug-likeness (QED) is 0.583. The van der Waals surface area contributed by atoms with Crippen LogP contribution in [-0.2, 0) is 4.79 Å². The molecule has 2 rings (SSSR count). The van der Waals surface area contributed by atoms with Crippen LogP contribution in [0.4, 0.5) is 5.69 Å². The molecule has 0 saturated carbocycles. The number of phenolic OH excluding ortho intramolecular Hbond substituents is 1. The van der Waals surface area contributed by atoms with E-state index < -0.39 is 0 Å². The Morgan fingerprint density at radius 3 is 2.12 bits per heavy atom. The van der Waals surface area contributed by atoms with E-state index in [-0.39, 0.29) is 17.6 Å². The van der Waals surface area contributed by atoms with E-state index in [9.17, 15) is 14.7 Å². The highest BCUT2D eigenvalue weighted by Gasteiger charge is 2.07. The summed E-state index contributed by atoms with van der Waals surface area (Å²) < 4.78 is 0. The highest BCUT2D eigenvalue weighted by molar-refractivity contribution is 6.02.